The fraction of sp³-hybridized carbons (Fsp3) is 0.118. The molecule has 0 radical (unpaired) electrons. The Morgan fingerprint density at radius 1 is 1.08 bits per heavy atom. The van der Waals surface area contributed by atoms with Gasteiger partial charge < -0.3 is 4.57 Å². The van der Waals surface area contributed by atoms with Gasteiger partial charge in [0.2, 0.25) is 4.80 Å². The van der Waals surface area contributed by atoms with Crippen LogP contribution >= 0.6 is 27.3 Å². The highest BCUT2D eigenvalue weighted by molar-refractivity contribution is 9.10. The van der Waals surface area contributed by atoms with Gasteiger partial charge in [0.05, 0.1) is 10.6 Å². The van der Waals surface area contributed by atoms with Crippen LogP contribution in [0.4, 0.5) is 0 Å². The molecule has 0 N–H and O–H groups in total. The third kappa shape index (κ3) is 3.53. The molecule has 0 saturated heterocycles. The first-order valence-corrected chi connectivity index (χ1v) is 10.4. The molecule has 24 heavy (non-hydrogen) atoms. The number of hydrogen-bond acceptors (Lipinski definition) is 3. The second-order valence-corrected chi connectivity index (χ2v) is 8.39. The summed E-state index contributed by atoms with van der Waals surface area (Å²) in [4.78, 5) is 0.655. The summed E-state index contributed by atoms with van der Waals surface area (Å²) in [6.45, 7) is 2.62. The van der Waals surface area contributed by atoms with Crippen molar-refractivity contribution in [1.29, 1.82) is 0 Å². The molecule has 0 unspecified atom stereocenters. The van der Waals surface area contributed by atoms with Crippen LogP contribution in [0.2, 0.25) is 0 Å². The van der Waals surface area contributed by atoms with Gasteiger partial charge in [-0.15, -0.1) is 15.7 Å². The van der Waals surface area contributed by atoms with Gasteiger partial charge in [-0.3, -0.25) is 0 Å². The first kappa shape index (κ1) is 17.1. The highest BCUT2D eigenvalue weighted by Gasteiger charge is 2.14. The van der Waals surface area contributed by atoms with Crippen LogP contribution in [0.25, 0.3) is 11.3 Å². The summed E-state index contributed by atoms with van der Waals surface area (Å²) in [5, 5.41) is 1.94. The molecule has 0 fully saturated rings. The Labute approximate surface area is 153 Å². The van der Waals surface area contributed by atoms with Gasteiger partial charge in [0.25, 0.3) is 10.0 Å². The van der Waals surface area contributed by atoms with Crippen molar-refractivity contribution in [3.05, 3.63) is 69.3 Å². The molecule has 124 valence electrons. The van der Waals surface area contributed by atoms with Crippen molar-refractivity contribution in [2.24, 2.45) is 4.40 Å². The molecular weight excluding hydrogens is 408 g/mol. The summed E-state index contributed by atoms with van der Waals surface area (Å²) < 4.78 is 31.9. The number of halogens is 1. The number of rotatable bonds is 4. The third-order valence-electron chi connectivity index (χ3n) is 3.49. The maximum absolute atomic E-state index is 12.5. The van der Waals surface area contributed by atoms with Crippen LogP contribution in [-0.4, -0.2) is 13.0 Å². The Balaban J connectivity index is 2.11. The summed E-state index contributed by atoms with van der Waals surface area (Å²) in [5.74, 6) is 0. The molecule has 3 rings (SSSR count). The van der Waals surface area contributed by atoms with E-state index in [2.05, 4.69) is 20.3 Å². The normalized spacial score (nSPS) is 12.5. The topological polar surface area (TPSA) is 51.4 Å². The van der Waals surface area contributed by atoms with Crippen LogP contribution in [0.1, 0.15) is 6.92 Å². The summed E-state index contributed by atoms with van der Waals surface area (Å²) >= 11 is 4.63. The molecule has 4 nitrogen and oxygen atoms in total. The molecule has 1 aromatic heterocycles. The number of hydrogen-bond donors (Lipinski definition) is 0. The van der Waals surface area contributed by atoms with Crippen LogP contribution < -0.4 is 4.80 Å². The molecule has 0 bridgehead atoms. The first-order valence-electron chi connectivity index (χ1n) is 7.31. The molecule has 0 atom stereocenters. The molecule has 3 aromatic rings. The Morgan fingerprint density at radius 3 is 2.38 bits per heavy atom. The van der Waals surface area contributed by atoms with E-state index < -0.39 is 10.0 Å². The summed E-state index contributed by atoms with van der Waals surface area (Å²) in [5.41, 5.74) is 2.01. The lowest BCUT2D eigenvalue weighted by atomic mass is 10.2. The Kier molecular flexibility index (Phi) is 5.03. The maximum Gasteiger partial charge on any atom is 0.285 e. The molecule has 7 heteroatoms. The number of nitrogens with zero attached hydrogens (tertiary/aromatic N) is 2. The van der Waals surface area contributed by atoms with Gasteiger partial charge in [0.1, 0.15) is 0 Å². The number of aromatic nitrogens is 1. The lowest BCUT2D eigenvalue weighted by Gasteiger charge is -2.06. The zero-order valence-corrected chi connectivity index (χ0v) is 16.1. The van der Waals surface area contributed by atoms with Crippen LogP contribution in [-0.2, 0) is 16.6 Å². The predicted molar refractivity (Wildman–Crippen MR) is 100 cm³/mol. The predicted octanol–water partition coefficient (Wildman–Crippen LogP) is 4.29. The van der Waals surface area contributed by atoms with E-state index in [0.717, 1.165) is 15.7 Å². The minimum atomic E-state index is -3.74. The van der Waals surface area contributed by atoms with Crippen molar-refractivity contribution in [3.63, 3.8) is 0 Å². The molecule has 0 amide bonds. The fourth-order valence-corrected chi connectivity index (χ4v) is 4.77. The van der Waals surface area contributed by atoms with Crippen LogP contribution in [0, 0.1) is 0 Å². The standard InChI is InChI=1S/C17H15BrN2O2S2/c1-2-20-16(13-6-4-3-5-7-13)12-23-17(20)19-24(21,22)15-10-8-14(18)9-11-15/h3-12H,2H2,1H3/b19-17+. The van der Waals surface area contributed by atoms with Crippen molar-refractivity contribution < 1.29 is 8.42 Å². The largest absolute Gasteiger partial charge is 0.316 e. The minimum Gasteiger partial charge on any atom is -0.316 e. The lowest BCUT2D eigenvalue weighted by Crippen LogP contribution is -2.17. The van der Waals surface area contributed by atoms with E-state index in [0.29, 0.717) is 11.3 Å². The van der Waals surface area contributed by atoms with Crippen molar-refractivity contribution in [2.45, 2.75) is 18.4 Å². The van der Waals surface area contributed by atoms with Gasteiger partial charge in [-0.1, -0.05) is 46.3 Å². The van der Waals surface area contributed by atoms with Crippen LogP contribution in [0.5, 0.6) is 0 Å². The molecular formula is C17H15BrN2O2S2. The highest BCUT2D eigenvalue weighted by atomic mass is 79.9. The van der Waals surface area contributed by atoms with Crippen molar-refractivity contribution in [3.8, 4) is 11.3 Å². The molecule has 0 spiro atoms. The second-order valence-electron chi connectivity index (χ2n) is 5.03. The Morgan fingerprint density at radius 2 is 1.75 bits per heavy atom. The molecule has 0 aliphatic carbocycles. The van der Waals surface area contributed by atoms with E-state index in [1.165, 1.54) is 11.3 Å². The monoisotopic (exact) mass is 422 g/mol. The van der Waals surface area contributed by atoms with Gasteiger partial charge >= 0.3 is 0 Å². The third-order valence-corrected chi connectivity index (χ3v) is 6.28. The lowest BCUT2D eigenvalue weighted by molar-refractivity contribution is 0.595. The van der Waals surface area contributed by atoms with Gasteiger partial charge in [0.15, 0.2) is 0 Å². The fourth-order valence-electron chi connectivity index (χ4n) is 2.31. The SMILES string of the molecule is CCn1c(-c2ccccc2)cs/c1=N/S(=O)(=O)c1ccc(Br)cc1. The average Bonchev–Trinajstić information content (AvgIpc) is 2.98. The zero-order chi connectivity index (χ0) is 17.2. The molecule has 0 aliphatic heterocycles. The minimum absolute atomic E-state index is 0.183. The van der Waals surface area contributed by atoms with E-state index in [1.54, 1.807) is 24.3 Å². The van der Waals surface area contributed by atoms with Crippen LogP contribution in [0.3, 0.4) is 0 Å². The van der Waals surface area contributed by atoms with Crippen molar-refractivity contribution >= 4 is 37.3 Å². The van der Waals surface area contributed by atoms with E-state index in [4.69, 9.17) is 0 Å². The molecule has 0 saturated carbocycles. The Bertz CT molecular complexity index is 1000. The van der Waals surface area contributed by atoms with Crippen molar-refractivity contribution in [2.75, 3.05) is 0 Å². The van der Waals surface area contributed by atoms with E-state index >= 15 is 0 Å². The molecule has 2 aromatic carbocycles. The quantitative estimate of drug-likeness (QED) is 0.629. The maximum atomic E-state index is 12.5. The van der Waals surface area contributed by atoms with Gasteiger partial charge in [-0.2, -0.15) is 8.42 Å². The first-order chi connectivity index (χ1) is 11.5. The number of thiazole rings is 1. The van der Waals surface area contributed by atoms with Gasteiger partial charge in [0, 0.05) is 16.4 Å². The molecule has 1 heterocycles. The van der Waals surface area contributed by atoms with Crippen LogP contribution in [0.15, 0.2) is 73.7 Å². The summed E-state index contributed by atoms with van der Waals surface area (Å²) in [6.07, 6.45) is 0. The smallest absolute Gasteiger partial charge is 0.285 e. The number of sulfonamides is 1. The summed E-state index contributed by atoms with van der Waals surface area (Å²) in [7, 11) is -3.74. The average molecular weight is 423 g/mol. The number of benzene rings is 2. The zero-order valence-electron chi connectivity index (χ0n) is 12.9. The second kappa shape index (κ2) is 7.04. The van der Waals surface area contributed by atoms with Gasteiger partial charge in [-0.05, 0) is 36.8 Å². The van der Waals surface area contributed by atoms with E-state index in [-0.39, 0.29) is 4.90 Å². The van der Waals surface area contributed by atoms with Gasteiger partial charge in [-0.25, -0.2) is 0 Å². The Hall–Kier alpha value is -1.70. The van der Waals surface area contributed by atoms with Crippen molar-refractivity contribution in [1.82, 2.24) is 4.57 Å². The highest BCUT2D eigenvalue weighted by Crippen LogP contribution is 2.21. The van der Waals surface area contributed by atoms with E-state index in [1.807, 2.05) is 47.2 Å². The van der Waals surface area contributed by atoms with E-state index in [9.17, 15) is 8.42 Å². The summed E-state index contributed by atoms with van der Waals surface area (Å²) in [6, 6.07) is 16.4. The molecule has 0 aliphatic rings.